The van der Waals surface area contributed by atoms with Crippen LogP contribution in [-0.4, -0.2) is 156 Å². The molecule has 1 aliphatic heterocycles. The van der Waals surface area contributed by atoms with Crippen LogP contribution in [0.3, 0.4) is 0 Å². The lowest BCUT2D eigenvalue weighted by Crippen LogP contribution is -2.47. The first-order valence-corrected chi connectivity index (χ1v) is 17.6. The number of esters is 2. The highest BCUT2D eigenvalue weighted by atomic mass is 31.2. The molecule has 1 aromatic heterocycles. The van der Waals surface area contributed by atoms with Crippen molar-refractivity contribution in [2.45, 2.75) is 37.3 Å². The van der Waals surface area contributed by atoms with E-state index in [9.17, 15) is 33.6 Å². The number of carbonyl (C=O) groups is 5. The van der Waals surface area contributed by atoms with Crippen molar-refractivity contribution in [2.24, 2.45) is 0 Å². The molecule has 1 fully saturated rings. The molecule has 290 valence electrons. The molecule has 5 atom stereocenters. The monoisotopic (exact) mass is 762 g/mol. The summed E-state index contributed by atoms with van der Waals surface area (Å²) in [6.07, 6.45) is -1.37. The lowest BCUT2D eigenvalue weighted by Gasteiger charge is -2.27. The molecule has 0 saturated carbocycles. The fourth-order valence-electron chi connectivity index (χ4n) is 4.66. The van der Waals surface area contributed by atoms with E-state index in [0.717, 1.165) is 24.9 Å². The van der Waals surface area contributed by atoms with Gasteiger partial charge in [0.15, 0.2) is 14.6 Å². The summed E-state index contributed by atoms with van der Waals surface area (Å²) in [6, 6.07) is 2.32. The van der Waals surface area contributed by atoms with Crippen LogP contribution >= 0.6 is 8.38 Å². The van der Waals surface area contributed by atoms with Crippen molar-refractivity contribution in [1.29, 1.82) is 6.69 Å². The SMILES string of the molecule is [3H]OC[C@H]1O[C@@H](n2ccc(=O)[nH]c2=O)[C@H](NCOCCC(=O)NCCN(CCNC(=O)C(=O)OC)CCNC(=O)C(=O)OC)C1OP(C)OCCC#N. The van der Waals surface area contributed by atoms with Gasteiger partial charge in [0.2, 0.25) is 7.34 Å². The Labute approximate surface area is 300 Å². The van der Waals surface area contributed by atoms with Crippen LogP contribution in [0.4, 0.5) is 0 Å². The Morgan fingerprint density at radius 1 is 1.06 bits per heavy atom. The van der Waals surface area contributed by atoms with Gasteiger partial charge in [0.1, 0.15) is 12.2 Å². The van der Waals surface area contributed by atoms with Gasteiger partial charge in [-0.3, -0.25) is 38.9 Å². The maximum Gasteiger partial charge on any atom is 0.396 e. The quantitative estimate of drug-likeness (QED) is 0.0204. The molecule has 22 nitrogen and oxygen atoms in total. The van der Waals surface area contributed by atoms with Gasteiger partial charge in [-0.25, -0.2) is 14.4 Å². The molecule has 3 amide bonds. The summed E-state index contributed by atoms with van der Waals surface area (Å²) >= 11 is 0. The van der Waals surface area contributed by atoms with E-state index in [1.54, 1.807) is 11.6 Å². The third kappa shape index (κ3) is 15.1. The Kier molecular flexibility index (Phi) is 19.4. The molecule has 23 heteroatoms. The average Bonchev–Trinajstić information content (AvgIpc) is 3.45. The Hall–Kier alpha value is -4.33. The van der Waals surface area contributed by atoms with Crippen LogP contribution in [0.1, 0.15) is 19.1 Å². The number of aromatic amines is 1. The smallest absolute Gasteiger partial charge is 0.396 e. The lowest BCUT2D eigenvalue weighted by atomic mass is 10.1. The predicted molar refractivity (Wildman–Crippen MR) is 178 cm³/mol. The van der Waals surface area contributed by atoms with E-state index in [2.05, 4.69) is 40.8 Å². The number of aliphatic hydroxyl groups is 1. The molecule has 6 N–H and O–H groups in total. The second-order valence-electron chi connectivity index (χ2n) is 10.7. The molecule has 0 aliphatic carbocycles. The fourth-order valence-corrected chi connectivity index (χ4v) is 5.68. The molecule has 1 saturated heterocycles. The van der Waals surface area contributed by atoms with E-state index in [1.807, 2.05) is 6.07 Å². The summed E-state index contributed by atoms with van der Waals surface area (Å²) in [7, 11) is 0.605. The molecule has 0 spiro atoms. The Bertz CT molecular complexity index is 1480. The van der Waals surface area contributed by atoms with Gasteiger partial charge in [0, 0.05) is 58.2 Å². The number of rotatable bonds is 23. The number of hydrogen-bond acceptors (Lipinski definition) is 17. The number of nitriles is 1. The van der Waals surface area contributed by atoms with Gasteiger partial charge in [-0.2, -0.15) is 5.26 Å². The second-order valence-corrected chi connectivity index (χ2v) is 12.1. The molecule has 52 heavy (non-hydrogen) atoms. The molecule has 0 bridgehead atoms. The molecule has 2 unspecified atom stereocenters. The zero-order valence-corrected chi connectivity index (χ0v) is 29.8. The summed E-state index contributed by atoms with van der Waals surface area (Å²) < 4.78 is 40.5. The normalized spacial score (nSPS) is 18.9. The van der Waals surface area contributed by atoms with Crippen molar-refractivity contribution in [1.82, 2.24) is 35.7 Å². The van der Waals surface area contributed by atoms with Crippen molar-refractivity contribution in [3.63, 3.8) is 0 Å². The van der Waals surface area contributed by atoms with Crippen LogP contribution in [0.25, 0.3) is 0 Å². The number of aliphatic hydroxyl groups excluding tert-OH is 1. The molecule has 2 rings (SSSR count). The number of nitrogens with zero attached hydrogens (tertiary/aromatic N) is 3. The van der Waals surface area contributed by atoms with Crippen LogP contribution in [0.2, 0.25) is 0 Å². The van der Waals surface area contributed by atoms with Crippen LogP contribution in [0.5, 0.6) is 0 Å². The maximum atomic E-state index is 12.6. The molecule has 0 aromatic carbocycles. The topological polar surface area (TPSA) is 291 Å². The Morgan fingerprint density at radius 2 is 1.69 bits per heavy atom. The summed E-state index contributed by atoms with van der Waals surface area (Å²) in [5, 5.41) is 24.0. The van der Waals surface area contributed by atoms with Gasteiger partial charge in [0.25, 0.3) is 5.56 Å². The first-order valence-electron chi connectivity index (χ1n) is 16.3. The van der Waals surface area contributed by atoms with Crippen molar-refractivity contribution in [3.8, 4) is 6.07 Å². The van der Waals surface area contributed by atoms with Crippen LogP contribution in [0.15, 0.2) is 21.9 Å². The first-order chi connectivity index (χ1) is 25.4. The molecule has 2 heterocycles. The number of methoxy groups -OCH3 is 2. The minimum absolute atomic E-state index is 0.0267. The minimum atomic E-state index is -1.53. The predicted octanol–water partition coefficient (Wildman–Crippen LogP) is -4.00. The third-order valence-electron chi connectivity index (χ3n) is 7.20. The van der Waals surface area contributed by atoms with E-state index in [4.69, 9.17) is 25.2 Å². The highest BCUT2D eigenvalue weighted by molar-refractivity contribution is 7.46. The largest absolute Gasteiger partial charge is 0.462 e. The molecular weight excluding hydrogens is 715 g/mol. The number of ether oxygens (including phenoxy) is 4. The first kappa shape index (κ1) is 42.1. The molecule has 1 aliphatic rings. The molecule has 1 aromatic rings. The van der Waals surface area contributed by atoms with Crippen molar-refractivity contribution >= 4 is 38.0 Å². The summed E-state index contributed by atoms with van der Waals surface area (Å²) in [5.41, 5.74) is -1.37. The summed E-state index contributed by atoms with van der Waals surface area (Å²) in [4.78, 5) is 86.9. The highest BCUT2D eigenvalue weighted by Gasteiger charge is 2.47. The van der Waals surface area contributed by atoms with E-state index < -0.39 is 67.9 Å². The highest BCUT2D eigenvalue weighted by Crippen LogP contribution is 2.41. The summed E-state index contributed by atoms with van der Waals surface area (Å²) in [6.45, 7) is 2.39. The average molecular weight is 763 g/mol. The van der Waals surface area contributed by atoms with Gasteiger partial charge in [0.05, 0.1) is 65.7 Å². The number of aromatic nitrogens is 2. The van der Waals surface area contributed by atoms with E-state index >= 15 is 0 Å². The lowest BCUT2D eigenvalue weighted by molar-refractivity contribution is -0.152. The van der Waals surface area contributed by atoms with Crippen molar-refractivity contribution < 1.29 is 57.1 Å². The third-order valence-corrected chi connectivity index (χ3v) is 8.29. The Morgan fingerprint density at radius 3 is 2.27 bits per heavy atom. The van der Waals surface area contributed by atoms with Gasteiger partial charge in [-0.05, 0) is 0 Å². The minimum Gasteiger partial charge on any atom is -0.462 e. The van der Waals surface area contributed by atoms with E-state index in [0.29, 0.717) is 0 Å². The maximum absolute atomic E-state index is 12.6. The summed E-state index contributed by atoms with van der Waals surface area (Å²) in [5.74, 6) is -4.34. The molecule has 0 radical (unpaired) electrons. The fraction of sp³-hybridized carbons (Fsp3) is 0.655. The number of H-pyrrole nitrogens is 1. The van der Waals surface area contributed by atoms with Crippen LogP contribution < -0.4 is 32.5 Å². The van der Waals surface area contributed by atoms with Crippen LogP contribution in [0, 0.1) is 11.3 Å². The number of amides is 3. The van der Waals surface area contributed by atoms with Crippen molar-refractivity contribution in [3.05, 3.63) is 33.1 Å². The molecular formula is C29H45N8O14P. The van der Waals surface area contributed by atoms with E-state index in [-0.39, 0.29) is 84.6 Å². The standard InChI is InChI=1S/C29H45N8O14P/c1-46-27(43)24(41)32-9-13-36(14-10-33-25(42)28(44)47-2)12-8-31-20(39)6-16-48-18-34-22-23(51-52(3)49-15-4-7-30)19(17-38)50-26(22)37-11-5-21(40)35-29(37)45/h5,11,19,22-23,26,34,38H,4,6,8-10,12-18H2,1-3H3,(H,31,39)(H,32,41)(H,33,42)(H,35,40,45)/t19-,22-,23?,26-,52?/m1/s1/i38T. The van der Waals surface area contributed by atoms with E-state index in [1.165, 1.54) is 6.20 Å². The van der Waals surface area contributed by atoms with Crippen LogP contribution in [-0.2, 0) is 52.0 Å². The second kappa shape index (κ2) is 24.0. The van der Waals surface area contributed by atoms with Gasteiger partial charge in [-0.1, -0.05) is 0 Å². The van der Waals surface area contributed by atoms with Gasteiger partial charge >= 0.3 is 29.4 Å². The number of carbonyl (C=O) groups excluding carboxylic acids is 5. The Balaban J connectivity index is 1.93. The van der Waals surface area contributed by atoms with Gasteiger partial charge < -0.3 is 49.1 Å². The van der Waals surface area contributed by atoms with Crippen molar-refractivity contribution in [2.75, 3.05) is 86.7 Å². The number of hydrogen-bond donors (Lipinski definition) is 6. The number of nitrogens with one attached hydrogen (secondary N) is 5. The van der Waals surface area contributed by atoms with Gasteiger partial charge in [-0.15, -0.1) is 0 Å². The zero-order chi connectivity index (χ0) is 39.2. The zero-order valence-electron chi connectivity index (χ0n) is 30.0.